The molecule has 1 aliphatic rings. The topological polar surface area (TPSA) is 76.1 Å². The first-order valence-electron chi connectivity index (χ1n) is 7.31. The van der Waals surface area contributed by atoms with E-state index in [4.69, 9.17) is 9.47 Å². The Morgan fingerprint density at radius 2 is 1.78 bits per heavy atom. The second kappa shape index (κ2) is 7.21. The van der Waals surface area contributed by atoms with Gasteiger partial charge in [-0.15, -0.1) is 0 Å². The van der Waals surface area contributed by atoms with E-state index in [9.17, 15) is 14.7 Å². The van der Waals surface area contributed by atoms with Gasteiger partial charge in [-0.25, -0.2) is 0 Å². The number of benzene rings is 1. The Labute approximate surface area is 143 Å². The second-order valence-corrected chi connectivity index (χ2v) is 6.57. The summed E-state index contributed by atoms with van der Waals surface area (Å²) in [5, 5.41) is 9.24. The fourth-order valence-corrected chi connectivity index (χ4v) is 3.42. The van der Waals surface area contributed by atoms with Crippen molar-refractivity contribution in [2.45, 2.75) is 13.3 Å². The lowest BCUT2D eigenvalue weighted by Gasteiger charge is -2.34. The molecule has 0 saturated carbocycles. The third-order valence-electron chi connectivity index (χ3n) is 3.99. The van der Waals surface area contributed by atoms with Crippen LogP contribution < -0.4 is 9.47 Å². The van der Waals surface area contributed by atoms with Gasteiger partial charge in [-0.3, -0.25) is 9.59 Å². The highest BCUT2D eigenvalue weighted by Gasteiger charge is 2.32. The van der Waals surface area contributed by atoms with Crippen molar-refractivity contribution in [1.29, 1.82) is 0 Å². The molecule has 0 radical (unpaired) electrons. The van der Waals surface area contributed by atoms with E-state index in [1.165, 1.54) is 14.2 Å². The molecule has 6 nitrogen and oxygen atoms in total. The summed E-state index contributed by atoms with van der Waals surface area (Å²) in [6, 6.07) is 3.26. The van der Waals surface area contributed by atoms with Crippen molar-refractivity contribution in [1.82, 2.24) is 4.90 Å². The van der Waals surface area contributed by atoms with Crippen molar-refractivity contribution >= 4 is 27.8 Å². The number of carbonyl (C=O) groups is 2. The predicted molar refractivity (Wildman–Crippen MR) is 88.1 cm³/mol. The Bertz CT molecular complexity index is 593. The third kappa shape index (κ3) is 3.77. The highest BCUT2D eigenvalue weighted by atomic mass is 79.9. The molecule has 7 heteroatoms. The Hall–Kier alpha value is -1.76. The molecule has 1 N–H and O–H groups in total. The average molecular weight is 386 g/mol. The Morgan fingerprint density at radius 3 is 2.26 bits per heavy atom. The maximum Gasteiger partial charge on any atom is 0.308 e. The number of hydrogen-bond donors (Lipinski definition) is 1. The quantitative estimate of drug-likeness (QED) is 0.861. The van der Waals surface area contributed by atoms with Gasteiger partial charge in [0.2, 0.25) is 0 Å². The molecule has 1 amide bonds. The molecule has 0 aliphatic carbocycles. The van der Waals surface area contributed by atoms with Gasteiger partial charge in [-0.05, 0) is 40.4 Å². The number of likely N-dealkylation sites (tertiary alicyclic amines) is 1. The van der Waals surface area contributed by atoms with E-state index in [1.54, 1.807) is 17.0 Å². The SMILES string of the molecule is COc1cc(C(=O)N2CC(C)CC(C(=O)O)C2)cc(OC)c1Br. The van der Waals surface area contributed by atoms with E-state index in [1.807, 2.05) is 6.92 Å². The average Bonchev–Trinajstić information content (AvgIpc) is 2.53. The van der Waals surface area contributed by atoms with Gasteiger partial charge < -0.3 is 19.5 Å². The Kier molecular flexibility index (Phi) is 5.51. The molecule has 23 heavy (non-hydrogen) atoms. The van der Waals surface area contributed by atoms with Crippen LogP contribution in [0.15, 0.2) is 16.6 Å². The van der Waals surface area contributed by atoms with Crippen molar-refractivity contribution < 1.29 is 24.2 Å². The highest BCUT2D eigenvalue weighted by Crippen LogP contribution is 2.36. The summed E-state index contributed by atoms with van der Waals surface area (Å²) in [6.07, 6.45) is 0.589. The molecule has 126 valence electrons. The van der Waals surface area contributed by atoms with Gasteiger partial charge in [0.1, 0.15) is 16.0 Å². The summed E-state index contributed by atoms with van der Waals surface area (Å²) in [6.45, 7) is 2.72. The van der Waals surface area contributed by atoms with Crippen LogP contribution in [0.3, 0.4) is 0 Å². The molecule has 2 atom stereocenters. The van der Waals surface area contributed by atoms with E-state index in [0.717, 1.165) is 0 Å². The van der Waals surface area contributed by atoms with Gasteiger partial charge in [0.15, 0.2) is 0 Å². The Balaban J connectivity index is 2.30. The molecule has 0 bridgehead atoms. The van der Waals surface area contributed by atoms with Gasteiger partial charge in [-0.2, -0.15) is 0 Å². The molecule has 1 aliphatic heterocycles. The van der Waals surface area contributed by atoms with E-state index >= 15 is 0 Å². The minimum Gasteiger partial charge on any atom is -0.495 e. The van der Waals surface area contributed by atoms with Gasteiger partial charge in [0.25, 0.3) is 5.91 Å². The van der Waals surface area contributed by atoms with Crippen LogP contribution in [0.1, 0.15) is 23.7 Å². The molecule has 2 unspecified atom stereocenters. The van der Waals surface area contributed by atoms with Gasteiger partial charge in [0.05, 0.1) is 20.1 Å². The zero-order chi connectivity index (χ0) is 17.1. The van der Waals surface area contributed by atoms with Crippen molar-refractivity contribution in [3.63, 3.8) is 0 Å². The first kappa shape index (κ1) is 17.6. The van der Waals surface area contributed by atoms with Crippen molar-refractivity contribution in [2.75, 3.05) is 27.3 Å². The summed E-state index contributed by atoms with van der Waals surface area (Å²) >= 11 is 3.37. The first-order chi connectivity index (χ1) is 10.9. The molecule has 1 fully saturated rings. The number of amides is 1. The van der Waals surface area contributed by atoms with Crippen LogP contribution >= 0.6 is 15.9 Å². The van der Waals surface area contributed by atoms with Crippen LogP contribution in [0, 0.1) is 11.8 Å². The molecule has 0 spiro atoms. The van der Waals surface area contributed by atoms with Crippen LogP contribution in [0.2, 0.25) is 0 Å². The van der Waals surface area contributed by atoms with E-state index in [-0.39, 0.29) is 18.4 Å². The first-order valence-corrected chi connectivity index (χ1v) is 8.10. The fraction of sp³-hybridized carbons (Fsp3) is 0.500. The van der Waals surface area contributed by atoms with E-state index in [2.05, 4.69) is 15.9 Å². The van der Waals surface area contributed by atoms with E-state index in [0.29, 0.717) is 34.5 Å². The summed E-state index contributed by atoms with van der Waals surface area (Å²) in [5.74, 6) is -0.470. The van der Waals surface area contributed by atoms with Gasteiger partial charge in [-0.1, -0.05) is 6.92 Å². The second-order valence-electron chi connectivity index (χ2n) is 5.78. The highest BCUT2D eigenvalue weighted by molar-refractivity contribution is 9.10. The minimum absolute atomic E-state index is 0.146. The van der Waals surface area contributed by atoms with Crippen molar-refractivity contribution in [3.8, 4) is 11.5 Å². The molecule has 2 rings (SSSR count). The van der Waals surface area contributed by atoms with E-state index < -0.39 is 11.9 Å². The number of nitrogens with zero attached hydrogens (tertiary/aromatic N) is 1. The van der Waals surface area contributed by atoms with Crippen LogP contribution in [0.5, 0.6) is 11.5 Å². The third-order valence-corrected chi connectivity index (χ3v) is 4.77. The zero-order valence-electron chi connectivity index (χ0n) is 13.3. The maximum absolute atomic E-state index is 12.8. The number of aliphatic carboxylic acids is 1. The lowest BCUT2D eigenvalue weighted by Crippen LogP contribution is -2.45. The lowest BCUT2D eigenvalue weighted by molar-refractivity contribution is -0.143. The largest absolute Gasteiger partial charge is 0.495 e. The predicted octanol–water partition coefficient (Wildman–Crippen LogP) is 2.65. The number of halogens is 1. The summed E-state index contributed by atoms with van der Waals surface area (Å²) in [7, 11) is 3.02. The number of rotatable bonds is 4. The van der Waals surface area contributed by atoms with Crippen LogP contribution in [-0.2, 0) is 4.79 Å². The lowest BCUT2D eigenvalue weighted by atomic mass is 9.90. The molecular formula is C16H20BrNO5. The summed E-state index contributed by atoms with van der Waals surface area (Å²) < 4.78 is 11.1. The normalized spacial score (nSPS) is 21.0. The number of methoxy groups -OCH3 is 2. The maximum atomic E-state index is 12.8. The molecule has 1 aromatic rings. The smallest absolute Gasteiger partial charge is 0.308 e. The number of hydrogen-bond acceptors (Lipinski definition) is 4. The number of ether oxygens (including phenoxy) is 2. The van der Waals surface area contributed by atoms with Crippen molar-refractivity contribution in [2.24, 2.45) is 11.8 Å². The number of carboxylic acids is 1. The fourth-order valence-electron chi connectivity index (χ4n) is 2.87. The number of piperidine rings is 1. The monoisotopic (exact) mass is 385 g/mol. The molecule has 1 aromatic carbocycles. The summed E-state index contributed by atoms with van der Waals surface area (Å²) in [4.78, 5) is 25.6. The molecular weight excluding hydrogens is 366 g/mol. The number of carboxylic acid groups (broad SMARTS) is 1. The van der Waals surface area contributed by atoms with Gasteiger partial charge in [0, 0.05) is 18.7 Å². The zero-order valence-corrected chi connectivity index (χ0v) is 14.9. The molecule has 1 saturated heterocycles. The van der Waals surface area contributed by atoms with Crippen molar-refractivity contribution in [3.05, 3.63) is 22.2 Å². The minimum atomic E-state index is -0.861. The van der Waals surface area contributed by atoms with Crippen LogP contribution in [0.25, 0.3) is 0 Å². The van der Waals surface area contributed by atoms with Crippen LogP contribution in [0.4, 0.5) is 0 Å². The standard InChI is InChI=1S/C16H20BrNO5/c1-9-4-11(16(20)21)8-18(7-9)15(19)10-5-12(22-2)14(17)13(6-10)23-3/h5-6,9,11H,4,7-8H2,1-3H3,(H,20,21). The molecule has 0 aromatic heterocycles. The number of carbonyl (C=O) groups excluding carboxylic acids is 1. The summed E-state index contributed by atoms with van der Waals surface area (Å²) in [5.41, 5.74) is 0.417. The van der Waals surface area contributed by atoms with Crippen LogP contribution in [-0.4, -0.2) is 49.2 Å². The van der Waals surface area contributed by atoms with Gasteiger partial charge >= 0.3 is 5.97 Å². The molecule has 1 heterocycles. The Morgan fingerprint density at radius 1 is 1.22 bits per heavy atom.